The summed E-state index contributed by atoms with van der Waals surface area (Å²) >= 11 is 0. The van der Waals surface area contributed by atoms with Gasteiger partial charge in [-0.3, -0.25) is 9.59 Å². The number of hydrogen-bond acceptors (Lipinski definition) is 7. The van der Waals surface area contributed by atoms with Crippen molar-refractivity contribution >= 4 is 11.8 Å². The van der Waals surface area contributed by atoms with Gasteiger partial charge in [-0.1, -0.05) is 25.8 Å². The van der Waals surface area contributed by atoms with Gasteiger partial charge in [-0.2, -0.15) is 23.4 Å². The number of amides is 2. The number of aliphatic hydroxyl groups is 1. The molecule has 250 valence electrons. The number of likely N-dealkylation sites (tertiary alicyclic amines) is 2. The lowest BCUT2D eigenvalue weighted by atomic mass is 10.0. The molecule has 9 nitrogen and oxygen atoms in total. The van der Waals surface area contributed by atoms with Crippen LogP contribution in [0.4, 0.5) is 13.2 Å². The van der Waals surface area contributed by atoms with Gasteiger partial charge in [0, 0.05) is 73.1 Å². The van der Waals surface area contributed by atoms with E-state index in [9.17, 15) is 27.9 Å². The molecule has 1 saturated carbocycles. The second-order valence-electron chi connectivity index (χ2n) is 13.0. The van der Waals surface area contributed by atoms with Gasteiger partial charge < -0.3 is 25.0 Å². The van der Waals surface area contributed by atoms with Gasteiger partial charge in [-0.15, -0.1) is 0 Å². The number of piperidine rings is 1. The zero-order valence-electron chi connectivity index (χ0n) is 26.4. The summed E-state index contributed by atoms with van der Waals surface area (Å²) in [5.41, 5.74) is 0.968. The van der Waals surface area contributed by atoms with Crippen LogP contribution in [0.15, 0.2) is 54.7 Å². The van der Waals surface area contributed by atoms with E-state index in [0.717, 1.165) is 43.8 Å². The number of benzene rings is 2. The van der Waals surface area contributed by atoms with Crippen molar-refractivity contribution in [2.24, 2.45) is 5.92 Å². The van der Waals surface area contributed by atoms with Crippen LogP contribution in [-0.4, -0.2) is 74.8 Å². The molecule has 2 atom stereocenters. The van der Waals surface area contributed by atoms with Crippen LogP contribution < -0.4 is 10.1 Å². The second-order valence-corrected chi connectivity index (χ2v) is 13.0. The number of alkyl halides is 3. The van der Waals surface area contributed by atoms with E-state index in [-0.39, 0.29) is 29.5 Å². The Labute approximate surface area is 272 Å². The number of ether oxygens (including phenoxy) is 1. The molecule has 47 heavy (non-hydrogen) atoms. The average molecular weight is 652 g/mol. The van der Waals surface area contributed by atoms with Crippen molar-refractivity contribution in [3.05, 3.63) is 71.4 Å². The van der Waals surface area contributed by atoms with Gasteiger partial charge in [0.25, 0.3) is 5.91 Å². The molecule has 6 rings (SSSR count). The maximum Gasteiger partial charge on any atom is 0.418 e. The molecule has 2 saturated heterocycles. The van der Waals surface area contributed by atoms with E-state index < -0.39 is 17.8 Å². The largest absolute Gasteiger partial charge is 0.457 e. The molecular weight excluding hydrogens is 611 g/mol. The number of nitrogens with zero attached hydrogens (tertiary/aromatic N) is 4. The Morgan fingerprint density at radius 3 is 2.45 bits per heavy atom. The standard InChI is InChI=1S/C35H40F3N5O4/c1-22-18-31(44)43(20-22)21-25-7-6-24(34(46)40-26-13-16-42(17-14-26)27-4-2-3-5-27)19-30(25)47-28-10-8-23(9-11-28)32-29(12-15-39-41-32)33(45)35(36,37)38/h6-12,15,19,22,26-27,33,45H,2-5,13-14,16-18,20-21H2,1H3,(H,40,46)/t22-,33?/m0/s1. The predicted octanol–water partition coefficient (Wildman–Crippen LogP) is 6.04. The third-order valence-electron chi connectivity index (χ3n) is 9.52. The minimum Gasteiger partial charge on any atom is -0.457 e. The number of nitrogens with one attached hydrogen (secondary N) is 1. The smallest absolute Gasteiger partial charge is 0.418 e. The molecule has 1 unspecified atom stereocenters. The lowest BCUT2D eigenvalue weighted by molar-refractivity contribution is -0.206. The molecule has 1 aromatic heterocycles. The highest BCUT2D eigenvalue weighted by molar-refractivity contribution is 5.95. The molecule has 0 radical (unpaired) electrons. The van der Waals surface area contributed by atoms with Gasteiger partial charge in [0.2, 0.25) is 5.91 Å². The van der Waals surface area contributed by atoms with E-state index in [2.05, 4.69) is 20.4 Å². The monoisotopic (exact) mass is 651 g/mol. The molecule has 2 aliphatic heterocycles. The summed E-state index contributed by atoms with van der Waals surface area (Å²) in [7, 11) is 0. The average Bonchev–Trinajstić information content (AvgIpc) is 3.71. The molecule has 1 aliphatic carbocycles. The summed E-state index contributed by atoms with van der Waals surface area (Å²) < 4.78 is 46.1. The first-order valence-corrected chi connectivity index (χ1v) is 16.4. The van der Waals surface area contributed by atoms with Crippen LogP contribution in [0.3, 0.4) is 0 Å². The van der Waals surface area contributed by atoms with Gasteiger partial charge in [0.05, 0.1) is 5.69 Å². The summed E-state index contributed by atoms with van der Waals surface area (Å²) in [6.07, 6.45) is 0.923. The third-order valence-corrected chi connectivity index (χ3v) is 9.52. The van der Waals surface area contributed by atoms with Gasteiger partial charge in [0.15, 0.2) is 6.10 Å². The summed E-state index contributed by atoms with van der Waals surface area (Å²) in [4.78, 5) is 30.3. The number of rotatable bonds is 9. The van der Waals surface area contributed by atoms with Gasteiger partial charge in [-0.25, -0.2) is 0 Å². The van der Waals surface area contributed by atoms with Crippen molar-refractivity contribution in [3.8, 4) is 22.8 Å². The summed E-state index contributed by atoms with van der Waals surface area (Å²) in [6, 6.07) is 13.3. The Morgan fingerprint density at radius 1 is 1.06 bits per heavy atom. The van der Waals surface area contributed by atoms with Crippen LogP contribution in [0.2, 0.25) is 0 Å². The molecule has 2 aromatic carbocycles. The van der Waals surface area contributed by atoms with E-state index in [4.69, 9.17) is 4.74 Å². The van der Waals surface area contributed by atoms with Gasteiger partial charge in [0.1, 0.15) is 11.5 Å². The van der Waals surface area contributed by atoms with E-state index in [1.54, 1.807) is 29.2 Å². The molecule has 0 spiro atoms. The fourth-order valence-corrected chi connectivity index (χ4v) is 6.97. The summed E-state index contributed by atoms with van der Waals surface area (Å²) in [5.74, 6) is 0.877. The molecule has 2 amide bonds. The number of carbonyl (C=O) groups excluding carboxylic acids is 2. The maximum atomic E-state index is 13.4. The summed E-state index contributed by atoms with van der Waals surface area (Å²) in [6.45, 7) is 4.92. The van der Waals surface area contributed by atoms with Crippen molar-refractivity contribution in [2.45, 2.75) is 82.8 Å². The fourth-order valence-electron chi connectivity index (χ4n) is 6.97. The van der Waals surface area contributed by atoms with Crippen LogP contribution in [0.25, 0.3) is 11.3 Å². The first kappa shape index (κ1) is 32.9. The Balaban J connectivity index is 1.20. The van der Waals surface area contributed by atoms with Gasteiger partial charge >= 0.3 is 6.18 Å². The van der Waals surface area contributed by atoms with Crippen LogP contribution in [-0.2, 0) is 11.3 Å². The predicted molar refractivity (Wildman–Crippen MR) is 169 cm³/mol. The Kier molecular flexibility index (Phi) is 9.79. The Hall–Kier alpha value is -4.03. The minimum atomic E-state index is -4.87. The van der Waals surface area contributed by atoms with Crippen molar-refractivity contribution in [1.82, 2.24) is 25.3 Å². The molecular formula is C35H40F3N5O4. The highest BCUT2D eigenvalue weighted by Gasteiger charge is 2.41. The highest BCUT2D eigenvalue weighted by atomic mass is 19.4. The second kappa shape index (κ2) is 14.0. The first-order valence-electron chi connectivity index (χ1n) is 16.4. The topological polar surface area (TPSA) is 108 Å². The Morgan fingerprint density at radius 2 is 1.79 bits per heavy atom. The Bertz CT molecular complexity index is 1570. The number of aromatic nitrogens is 2. The SMILES string of the molecule is C[C@H]1CC(=O)N(Cc2ccc(C(=O)NC3CCN(C4CCCC4)CC3)cc2Oc2ccc(-c3nnccc3C(O)C(F)(F)F)cc2)C1. The molecule has 3 aliphatic rings. The highest BCUT2D eigenvalue weighted by Crippen LogP contribution is 2.37. The fraction of sp³-hybridized carbons (Fsp3) is 0.486. The zero-order chi connectivity index (χ0) is 33.1. The zero-order valence-corrected chi connectivity index (χ0v) is 26.4. The quantitative estimate of drug-likeness (QED) is 0.291. The first-order chi connectivity index (χ1) is 22.5. The summed E-state index contributed by atoms with van der Waals surface area (Å²) in [5, 5.41) is 20.6. The van der Waals surface area contributed by atoms with Crippen molar-refractivity contribution in [2.75, 3.05) is 19.6 Å². The number of carbonyl (C=O) groups is 2. The molecule has 12 heteroatoms. The molecule has 2 N–H and O–H groups in total. The van der Waals surface area contributed by atoms with Crippen molar-refractivity contribution < 1.29 is 32.6 Å². The van der Waals surface area contributed by atoms with Crippen LogP contribution in [0.5, 0.6) is 11.5 Å². The van der Waals surface area contributed by atoms with Crippen LogP contribution in [0.1, 0.15) is 79.5 Å². The number of hydrogen-bond donors (Lipinski definition) is 2. The van der Waals surface area contributed by atoms with E-state index in [1.165, 1.54) is 37.8 Å². The normalized spacial score (nSPS) is 20.5. The minimum absolute atomic E-state index is 0.0550. The van der Waals surface area contributed by atoms with E-state index in [1.807, 2.05) is 13.0 Å². The van der Waals surface area contributed by atoms with E-state index >= 15 is 0 Å². The van der Waals surface area contributed by atoms with Crippen LogP contribution >= 0.6 is 0 Å². The lowest BCUT2D eigenvalue weighted by Crippen LogP contribution is -2.47. The molecule has 0 bridgehead atoms. The molecule has 3 fully saturated rings. The van der Waals surface area contributed by atoms with Crippen molar-refractivity contribution in [1.29, 1.82) is 0 Å². The molecule has 3 heterocycles. The number of halogens is 3. The molecule has 3 aromatic rings. The van der Waals surface area contributed by atoms with Gasteiger partial charge in [-0.05, 0) is 74.1 Å². The van der Waals surface area contributed by atoms with Crippen molar-refractivity contribution in [3.63, 3.8) is 0 Å². The maximum absolute atomic E-state index is 13.4. The lowest BCUT2D eigenvalue weighted by Gasteiger charge is -2.36. The number of aliphatic hydroxyl groups excluding tert-OH is 1. The van der Waals surface area contributed by atoms with E-state index in [0.29, 0.717) is 48.2 Å². The van der Waals surface area contributed by atoms with Crippen LogP contribution in [0, 0.1) is 5.92 Å². The third kappa shape index (κ3) is 7.76.